The lowest BCUT2D eigenvalue weighted by Crippen LogP contribution is -2.42. The molecule has 4 N–H and O–H groups in total. The average Bonchev–Trinajstić information content (AvgIpc) is 2.32. The highest BCUT2D eigenvalue weighted by Crippen LogP contribution is 2.27. The summed E-state index contributed by atoms with van der Waals surface area (Å²) in [6.07, 6.45) is 0. The topological polar surface area (TPSA) is 84.2 Å². The molecule has 0 aliphatic carbocycles. The van der Waals surface area contributed by atoms with E-state index < -0.39 is 6.03 Å². The van der Waals surface area contributed by atoms with Crippen LogP contribution in [0.4, 0.5) is 10.5 Å². The molecule has 0 saturated heterocycles. The number of nitrogen functional groups attached to an aromatic ring is 1. The van der Waals surface area contributed by atoms with E-state index >= 15 is 0 Å². The van der Waals surface area contributed by atoms with Gasteiger partial charge in [-0.25, -0.2) is 4.79 Å². The molecule has 0 bridgehead atoms. The number of anilines is 1. The van der Waals surface area contributed by atoms with Crippen molar-refractivity contribution in [2.45, 2.75) is 30.9 Å². The number of urea groups is 1. The Bertz CT molecular complexity index is 477. The van der Waals surface area contributed by atoms with Crippen LogP contribution in [0.2, 0.25) is 0 Å². The summed E-state index contributed by atoms with van der Waals surface area (Å²) in [6, 6.07) is 5.07. The smallest absolute Gasteiger partial charge is 0.321 e. The number of imide groups is 1. The van der Waals surface area contributed by atoms with E-state index in [9.17, 15) is 9.59 Å². The largest absolute Gasteiger partial charge is 0.399 e. The van der Waals surface area contributed by atoms with E-state index in [4.69, 9.17) is 5.73 Å². The van der Waals surface area contributed by atoms with Gasteiger partial charge in [-0.05, 0) is 44.5 Å². The molecule has 1 rings (SSSR count). The number of carbonyl (C=O) groups is 2. The molecule has 6 heteroatoms. The van der Waals surface area contributed by atoms with E-state index in [1.807, 2.05) is 19.1 Å². The molecule has 1 aromatic carbocycles. The minimum absolute atomic E-state index is 0.313. The molecule has 1 aromatic rings. The van der Waals surface area contributed by atoms with Crippen LogP contribution in [0.1, 0.15) is 19.4 Å². The van der Waals surface area contributed by atoms with Crippen molar-refractivity contribution < 1.29 is 9.59 Å². The van der Waals surface area contributed by atoms with Crippen molar-refractivity contribution in [1.82, 2.24) is 10.6 Å². The molecule has 0 spiro atoms. The fraction of sp³-hybridized carbons (Fsp3) is 0.385. The average molecular weight is 281 g/mol. The molecular weight excluding hydrogens is 262 g/mol. The minimum atomic E-state index is -0.464. The Morgan fingerprint density at radius 1 is 1.42 bits per heavy atom. The number of carbonyl (C=O) groups excluding carboxylic acids is 2. The lowest BCUT2D eigenvalue weighted by molar-refractivity contribution is -0.119. The van der Waals surface area contributed by atoms with E-state index in [0.717, 1.165) is 10.5 Å². The van der Waals surface area contributed by atoms with Crippen molar-refractivity contribution in [2.75, 3.05) is 12.3 Å². The molecular formula is C13H19N3O2S. The Hall–Kier alpha value is -1.69. The van der Waals surface area contributed by atoms with Crippen molar-refractivity contribution in [3.63, 3.8) is 0 Å². The summed E-state index contributed by atoms with van der Waals surface area (Å²) in [5, 5.41) is 4.46. The summed E-state index contributed by atoms with van der Waals surface area (Å²) in [5.41, 5.74) is 7.39. The predicted molar refractivity (Wildman–Crippen MR) is 78.1 cm³/mol. The van der Waals surface area contributed by atoms with Crippen LogP contribution in [0.3, 0.4) is 0 Å². The van der Waals surface area contributed by atoms with Crippen LogP contribution in [-0.2, 0) is 4.79 Å². The van der Waals surface area contributed by atoms with Gasteiger partial charge >= 0.3 is 6.03 Å². The highest BCUT2D eigenvalue weighted by Gasteiger charge is 2.17. The van der Waals surface area contributed by atoms with E-state index in [1.54, 1.807) is 19.9 Å². The summed E-state index contributed by atoms with van der Waals surface area (Å²) >= 11 is 1.40. The molecule has 0 aromatic heterocycles. The summed E-state index contributed by atoms with van der Waals surface area (Å²) in [7, 11) is 0. The van der Waals surface area contributed by atoms with Crippen LogP contribution in [0, 0.1) is 6.92 Å². The Kier molecular flexibility index (Phi) is 5.69. The first-order valence-corrected chi connectivity index (χ1v) is 6.93. The normalized spacial score (nSPS) is 11.7. The number of nitrogens with one attached hydrogen (secondary N) is 2. The number of hydrogen-bond donors (Lipinski definition) is 3. The van der Waals surface area contributed by atoms with Crippen LogP contribution in [-0.4, -0.2) is 23.7 Å². The second kappa shape index (κ2) is 7.04. The second-order valence-corrected chi connectivity index (χ2v) is 5.52. The molecule has 0 saturated carbocycles. The van der Waals surface area contributed by atoms with E-state index in [1.165, 1.54) is 11.8 Å². The van der Waals surface area contributed by atoms with Gasteiger partial charge in [-0.1, -0.05) is 0 Å². The van der Waals surface area contributed by atoms with Crippen molar-refractivity contribution in [3.05, 3.63) is 23.8 Å². The molecule has 0 aliphatic heterocycles. The lowest BCUT2D eigenvalue weighted by atomic mass is 10.2. The van der Waals surface area contributed by atoms with E-state index in [2.05, 4.69) is 10.6 Å². The molecule has 0 fully saturated rings. The first kappa shape index (κ1) is 15.4. The van der Waals surface area contributed by atoms with Gasteiger partial charge in [0, 0.05) is 17.1 Å². The van der Waals surface area contributed by atoms with E-state index in [0.29, 0.717) is 12.2 Å². The van der Waals surface area contributed by atoms with Gasteiger partial charge in [-0.3, -0.25) is 10.1 Å². The number of hydrogen-bond acceptors (Lipinski definition) is 4. The van der Waals surface area contributed by atoms with Crippen LogP contribution < -0.4 is 16.4 Å². The summed E-state index contributed by atoms with van der Waals surface area (Å²) in [6.45, 7) is 5.97. The molecule has 3 amide bonds. The third-order valence-corrected chi connectivity index (χ3v) is 3.73. The third-order valence-electron chi connectivity index (χ3n) is 2.45. The van der Waals surface area contributed by atoms with Crippen LogP contribution in [0.15, 0.2) is 23.1 Å². The molecule has 0 radical (unpaired) electrons. The second-order valence-electron chi connectivity index (χ2n) is 4.13. The van der Waals surface area contributed by atoms with Gasteiger partial charge in [0.15, 0.2) is 0 Å². The number of amides is 3. The number of aryl methyl sites for hydroxylation is 1. The first-order chi connectivity index (χ1) is 8.93. The highest BCUT2D eigenvalue weighted by atomic mass is 32.2. The minimum Gasteiger partial charge on any atom is -0.399 e. The van der Waals surface area contributed by atoms with Gasteiger partial charge in [0.1, 0.15) is 0 Å². The quantitative estimate of drug-likeness (QED) is 0.581. The standard InChI is InChI=1S/C13H19N3O2S/c1-4-15-13(18)16-12(17)9(3)19-11-6-5-10(14)7-8(11)2/h5-7,9H,4,14H2,1-3H3,(H2,15,16,17,18). The van der Waals surface area contributed by atoms with Gasteiger partial charge in [-0.2, -0.15) is 0 Å². The van der Waals surface area contributed by atoms with Gasteiger partial charge < -0.3 is 11.1 Å². The Morgan fingerprint density at radius 3 is 2.68 bits per heavy atom. The van der Waals surface area contributed by atoms with Crippen molar-refractivity contribution in [2.24, 2.45) is 0 Å². The zero-order valence-corrected chi connectivity index (χ0v) is 12.1. The van der Waals surface area contributed by atoms with Crippen LogP contribution in [0.25, 0.3) is 0 Å². The molecule has 1 unspecified atom stereocenters. The number of benzene rings is 1. The van der Waals surface area contributed by atoms with Crippen LogP contribution in [0.5, 0.6) is 0 Å². The summed E-state index contributed by atoms with van der Waals surface area (Å²) < 4.78 is 0. The molecule has 19 heavy (non-hydrogen) atoms. The maximum Gasteiger partial charge on any atom is 0.321 e. The Labute approximate surface area is 117 Å². The molecule has 0 aliphatic rings. The highest BCUT2D eigenvalue weighted by molar-refractivity contribution is 8.00. The Balaban J connectivity index is 2.61. The predicted octanol–water partition coefficient (Wildman–Crippen LogP) is 1.90. The van der Waals surface area contributed by atoms with Gasteiger partial charge in [0.05, 0.1) is 5.25 Å². The van der Waals surface area contributed by atoms with Crippen molar-refractivity contribution in [3.8, 4) is 0 Å². The molecule has 1 atom stereocenters. The molecule has 5 nitrogen and oxygen atoms in total. The third kappa shape index (κ3) is 4.82. The van der Waals surface area contributed by atoms with Crippen molar-refractivity contribution >= 4 is 29.4 Å². The number of rotatable bonds is 4. The van der Waals surface area contributed by atoms with Crippen molar-refractivity contribution in [1.29, 1.82) is 0 Å². The SMILES string of the molecule is CCNC(=O)NC(=O)C(C)Sc1ccc(N)cc1C. The molecule has 0 heterocycles. The zero-order chi connectivity index (χ0) is 14.4. The fourth-order valence-corrected chi connectivity index (χ4v) is 2.41. The maximum atomic E-state index is 11.8. The zero-order valence-electron chi connectivity index (χ0n) is 11.3. The monoisotopic (exact) mass is 281 g/mol. The van der Waals surface area contributed by atoms with Crippen LogP contribution >= 0.6 is 11.8 Å². The fourth-order valence-electron chi connectivity index (χ4n) is 1.47. The maximum absolute atomic E-state index is 11.8. The van der Waals surface area contributed by atoms with Gasteiger partial charge in [-0.15, -0.1) is 11.8 Å². The number of nitrogens with two attached hydrogens (primary N) is 1. The van der Waals surface area contributed by atoms with E-state index in [-0.39, 0.29) is 11.2 Å². The summed E-state index contributed by atoms with van der Waals surface area (Å²) in [4.78, 5) is 24.0. The molecule has 104 valence electrons. The number of thioether (sulfide) groups is 1. The van der Waals surface area contributed by atoms with Gasteiger partial charge in [0.25, 0.3) is 0 Å². The lowest BCUT2D eigenvalue weighted by Gasteiger charge is -2.13. The first-order valence-electron chi connectivity index (χ1n) is 6.05. The van der Waals surface area contributed by atoms with Gasteiger partial charge in [0.2, 0.25) is 5.91 Å². The Morgan fingerprint density at radius 2 is 2.11 bits per heavy atom. The summed E-state index contributed by atoms with van der Waals surface area (Å²) in [5.74, 6) is -0.313.